The van der Waals surface area contributed by atoms with Crippen LogP contribution in [0.2, 0.25) is 0 Å². The van der Waals surface area contributed by atoms with Crippen molar-refractivity contribution in [2.75, 3.05) is 0 Å². The van der Waals surface area contributed by atoms with Crippen LogP contribution in [0.15, 0.2) is 24.3 Å². The van der Waals surface area contributed by atoms with Gasteiger partial charge in [0.2, 0.25) is 0 Å². The second-order valence-electron chi connectivity index (χ2n) is 12.7. The van der Waals surface area contributed by atoms with Crippen molar-refractivity contribution in [3.63, 3.8) is 0 Å². The van der Waals surface area contributed by atoms with Gasteiger partial charge in [0.25, 0.3) is 0 Å². The monoisotopic (exact) mass is 468 g/mol. The average Bonchev–Trinajstić information content (AvgIpc) is 2.65. The predicted octanol–water partition coefficient (Wildman–Crippen LogP) is 6.46. The molecule has 2 rings (SSSR count). The molecule has 0 aliphatic heterocycles. The van der Waals surface area contributed by atoms with Gasteiger partial charge in [-0.3, -0.25) is 4.79 Å². The minimum atomic E-state index is -0.983. The van der Waals surface area contributed by atoms with Crippen LogP contribution in [0, 0.1) is 0 Å². The van der Waals surface area contributed by atoms with Gasteiger partial charge in [-0.25, -0.2) is 0 Å². The molecule has 4 heteroatoms. The molecule has 2 aromatic carbocycles. The maximum Gasteiger partial charge on any atom is 0.161 e. The molecule has 0 aromatic heterocycles. The number of phenolic OH excluding ortho intramolecular Hbond substituents is 2. The first-order valence-electron chi connectivity index (χ1n) is 12.2. The SMILES string of the molecule is CC(O)C(=O)CCc1cc(C(C)(C)C)c(O)cc1Cc1cc(C(C)(C)C)c(O)c(C(C)(C)C)c1. The van der Waals surface area contributed by atoms with E-state index in [1.807, 2.05) is 12.1 Å². The molecule has 2 aromatic rings. The molecule has 34 heavy (non-hydrogen) atoms. The van der Waals surface area contributed by atoms with E-state index in [1.165, 1.54) is 6.92 Å². The van der Waals surface area contributed by atoms with Crippen LogP contribution >= 0.6 is 0 Å². The lowest BCUT2D eigenvalue weighted by Gasteiger charge is -2.28. The molecule has 0 amide bonds. The van der Waals surface area contributed by atoms with Crippen LogP contribution < -0.4 is 0 Å². The summed E-state index contributed by atoms with van der Waals surface area (Å²) in [4.78, 5) is 12.2. The summed E-state index contributed by atoms with van der Waals surface area (Å²) in [7, 11) is 0. The number of aromatic hydroxyl groups is 2. The van der Waals surface area contributed by atoms with Gasteiger partial charge in [-0.05, 0) is 75.5 Å². The lowest BCUT2D eigenvalue weighted by Crippen LogP contribution is -2.18. The highest BCUT2D eigenvalue weighted by molar-refractivity contribution is 5.82. The number of ketones is 1. The third-order valence-electron chi connectivity index (χ3n) is 6.41. The minimum absolute atomic E-state index is 0.189. The highest BCUT2D eigenvalue weighted by Gasteiger charge is 2.27. The fraction of sp³-hybridized carbons (Fsp3) is 0.567. The van der Waals surface area contributed by atoms with Crippen molar-refractivity contribution in [3.05, 3.63) is 57.6 Å². The Morgan fingerprint density at radius 1 is 0.765 bits per heavy atom. The van der Waals surface area contributed by atoms with Gasteiger partial charge in [0.15, 0.2) is 5.78 Å². The van der Waals surface area contributed by atoms with Gasteiger partial charge in [0, 0.05) is 6.42 Å². The minimum Gasteiger partial charge on any atom is -0.508 e. The summed E-state index contributed by atoms with van der Waals surface area (Å²) in [6, 6.07) is 7.95. The number of aryl methyl sites for hydroxylation is 1. The Balaban J connectivity index is 2.65. The third kappa shape index (κ3) is 6.63. The molecule has 1 atom stereocenters. The van der Waals surface area contributed by atoms with Crippen LogP contribution in [-0.4, -0.2) is 27.2 Å². The van der Waals surface area contributed by atoms with Gasteiger partial charge in [-0.1, -0.05) is 80.5 Å². The van der Waals surface area contributed by atoms with Gasteiger partial charge < -0.3 is 15.3 Å². The Bertz CT molecular complexity index is 1010. The Morgan fingerprint density at radius 3 is 1.65 bits per heavy atom. The molecule has 4 nitrogen and oxygen atoms in total. The standard InChI is InChI=1S/C30H44O4/c1-18(31)25(32)12-11-20-16-22(28(2,3)4)26(33)17-21(20)13-19-14-23(29(5,6)7)27(34)24(15-19)30(8,9)10/h14-18,31,33-34H,11-13H2,1-10H3. The Kier molecular flexibility index (Phi) is 7.99. The van der Waals surface area contributed by atoms with Gasteiger partial charge in [0.05, 0.1) is 0 Å². The zero-order chi connectivity index (χ0) is 26.2. The number of hydrogen-bond donors (Lipinski definition) is 3. The number of Topliss-reactive ketones (excluding diaryl/α,β-unsaturated/α-hetero) is 1. The van der Waals surface area contributed by atoms with Crippen LogP contribution in [0.5, 0.6) is 11.5 Å². The first kappa shape index (κ1) is 27.9. The van der Waals surface area contributed by atoms with Gasteiger partial charge in [0.1, 0.15) is 17.6 Å². The second-order valence-corrected chi connectivity index (χ2v) is 12.7. The first-order valence-corrected chi connectivity index (χ1v) is 12.2. The molecule has 0 saturated carbocycles. The van der Waals surface area contributed by atoms with Crippen LogP contribution in [0.1, 0.15) is 109 Å². The second kappa shape index (κ2) is 9.73. The van der Waals surface area contributed by atoms with Crippen molar-refractivity contribution < 1.29 is 20.1 Å². The molecule has 0 saturated heterocycles. The van der Waals surface area contributed by atoms with Crippen LogP contribution in [0.4, 0.5) is 0 Å². The van der Waals surface area contributed by atoms with E-state index >= 15 is 0 Å². The van der Waals surface area contributed by atoms with E-state index in [4.69, 9.17) is 0 Å². The molecule has 0 aliphatic carbocycles. The van der Waals surface area contributed by atoms with Crippen LogP contribution in [0.25, 0.3) is 0 Å². The number of aliphatic hydroxyl groups is 1. The normalized spacial score (nSPS) is 13.7. The van der Waals surface area contributed by atoms with E-state index in [0.29, 0.717) is 18.6 Å². The van der Waals surface area contributed by atoms with E-state index in [2.05, 4.69) is 74.4 Å². The molecule has 188 valence electrons. The molecule has 0 radical (unpaired) electrons. The number of phenols is 2. The lowest BCUT2D eigenvalue weighted by atomic mass is 9.77. The summed E-state index contributed by atoms with van der Waals surface area (Å²) in [6.07, 6.45) is 0.333. The summed E-state index contributed by atoms with van der Waals surface area (Å²) in [5, 5.41) is 31.6. The van der Waals surface area contributed by atoms with Gasteiger partial charge in [-0.15, -0.1) is 0 Å². The summed E-state index contributed by atoms with van der Waals surface area (Å²) in [5.74, 6) is 0.405. The van der Waals surface area contributed by atoms with Crippen molar-refractivity contribution in [3.8, 4) is 11.5 Å². The fourth-order valence-electron chi connectivity index (χ4n) is 4.30. The largest absolute Gasteiger partial charge is 0.508 e. The number of carbonyl (C=O) groups excluding carboxylic acids is 1. The first-order chi connectivity index (χ1) is 15.3. The number of aliphatic hydroxyl groups excluding tert-OH is 1. The van der Waals surface area contributed by atoms with Crippen molar-refractivity contribution >= 4 is 5.78 Å². The average molecular weight is 469 g/mol. The van der Waals surface area contributed by atoms with Crippen molar-refractivity contribution in [1.82, 2.24) is 0 Å². The third-order valence-corrected chi connectivity index (χ3v) is 6.41. The highest BCUT2D eigenvalue weighted by Crippen LogP contribution is 2.41. The fourth-order valence-corrected chi connectivity index (χ4v) is 4.30. The summed E-state index contributed by atoms with van der Waals surface area (Å²) < 4.78 is 0. The maximum atomic E-state index is 12.2. The molecule has 3 N–H and O–H groups in total. The van der Waals surface area contributed by atoms with E-state index in [-0.39, 0.29) is 34.2 Å². The molecule has 0 spiro atoms. The number of rotatable bonds is 6. The lowest BCUT2D eigenvalue weighted by molar-refractivity contribution is -0.126. The number of hydrogen-bond acceptors (Lipinski definition) is 4. The summed E-state index contributed by atoms with van der Waals surface area (Å²) in [5.41, 5.74) is 4.94. The molecule has 0 aliphatic rings. The maximum absolute atomic E-state index is 12.2. The van der Waals surface area contributed by atoms with Crippen LogP contribution in [-0.2, 0) is 33.9 Å². The van der Waals surface area contributed by atoms with Gasteiger partial charge in [-0.2, -0.15) is 0 Å². The molecule has 1 unspecified atom stereocenters. The van der Waals surface area contributed by atoms with E-state index in [1.54, 1.807) is 0 Å². The van der Waals surface area contributed by atoms with E-state index < -0.39 is 6.10 Å². The molecule has 0 fully saturated rings. The highest BCUT2D eigenvalue weighted by atomic mass is 16.3. The van der Waals surface area contributed by atoms with Gasteiger partial charge >= 0.3 is 0 Å². The Hall–Kier alpha value is -2.33. The Morgan fingerprint density at radius 2 is 1.24 bits per heavy atom. The summed E-state index contributed by atoms with van der Waals surface area (Å²) >= 11 is 0. The molecule has 0 bridgehead atoms. The molecule has 0 heterocycles. The molecular formula is C30H44O4. The quantitative estimate of drug-likeness (QED) is 0.454. The predicted molar refractivity (Wildman–Crippen MR) is 140 cm³/mol. The van der Waals surface area contributed by atoms with Crippen molar-refractivity contribution in [2.45, 2.75) is 111 Å². The van der Waals surface area contributed by atoms with Crippen molar-refractivity contribution in [2.24, 2.45) is 0 Å². The number of benzene rings is 2. The smallest absolute Gasteiger partial charge is 0.161 e. The van der Waals surface area contributed by atoms with Crippen molar-refractivity contribution in [1.29, 1.82) is 0 Å². The Labute approximate surface area is 206 Å². The summed E-state index contributed by atoms with van der Waals surface area (Å²) in [6.45, 7) is 20.2. The molecular weight excluding hydrogens is 424 g/mol. The number of carbonyl (C=O) groups is 1. The van der Waals surface area contributed by atoms with E-state index in [0.717, 1.165) is 33.4 Å². The topological polar surface area (TPSA) is 77.8 Å². The zero-order valence-corrected chi connectivity index (χ0v) is 22.8. The zero-order valence-electron chi connectivity index (χ0n) is 22.8. The van der Waals surface area contributed by atoms with E-state index in [9.17, 15) is 20.1 Å². The van der Waals surface area contributed by atoms with Crippen LogP contribution in [0.3, 0.4) is 0 Å².